The van der Waals surface area contributed by atoms with E-state index in [4.69, 9.17) is 9.97 Å². The summed E-state index contributed by atoms with van der Waals surface area (Å²) in [5.74, 6) is 3.51. The van der Waals surface area contributed by atoms with Crippen molar-refractivity contribution in [2.24, 2.45) is 0 Å². The van der Waals surface area contributed by atoms with Gasteiger partial charge in [0.05, 0.1) is 12.1 Å². The van der Waals surface area contributed by atoms with Gasteiger partial charge in [0.1, 0.15) is 11.6 Å². The summed E-state index contributed by atoms with van der Waals surface area (Å²) in [5, 5.41) is 13.0. The Morgan fingerprint density at radius 1 is 1.00 bits per heavy atom. The third-order valence-electron chi connectivity index (χ3n) is 4.64. The lowest BCUT2D eigenvalue weighted by Crippen LogP contribution is -2.09. The second kappa shape index (κ2) is 6.18. The van der Waals surface area contributed by atoms with Crippen molar-refractivity contribution in [1.82, 2.24) is 29.7 Å². The molecular weight excluding hydrogens is 326 g/mol. The summed E-state index contributed by atoms with van der Waals surface area (Å²) in [6.45, 7) is 1.58. The molecule has 7 heteroatoms. The van der Waals surface area contributed by atoms with Crippen LogP contribution in [0.15, 0.2) is 48.8 Å². The van der Waals surface area contributed by atoms with Gasteiger partial charge in [0.2, 0.25) is 0 Å². The van der Waals surface area contributed by atoms with Crippen molar-refractivity contribution in [2.75, 3.05) is 5.32 Å². The number of aromatic nitrogens is 6. The van der Waals surface area contributed by atoms with E-state index in [1.807, 2.05) is 36.4 Å². The Kier molecular flexibility index (Phi) is 3.55. The molecule has 26 heavy (non-hydrogen) atoms. The fourth-order valence-corrected chi connectivity index (χ4v) is 3.35. The Morgan fingerprint density at radius 3 is 2.81 bits per heavy atom. The number of benzene rings is 1. The number of aryl methyl sites for hydroxylation is 1. The molecular formula is C19H17N7. The zero-order valence-electron chi connectivity index (χ0n) is 14.1. The van der Waals surface area contributed by atoms with Gasteiger partial charge in [0.25, 0.3) is 0 Å². The molecule has 0 saturated heterocycles. The number of pyridine rings is 1. The minimum atomic E-state index is 0.587. The first-order valence-electron chi connectivity index (χ1n) is 8.70. The van der Waals surface area contributed by atoms with Gasteiger partial charge >= 0.3 is 0 Å². The van der Waals surface area contributed by atoms with Gasteiger partial charge in [-0.15, -0.1) is 10.2 Å². The lowest BCUT2D eigenvalue weighted by molar-refractivity contribution is 0.695. The van der Waals surface area contributed by atoms with Gasteiger partial charge in [-0.05, 0) is 30.7 Å². The van der Waals surface area contributed by atoms with Crippen LogP contribution in [0.1, 0.15) is 18.1 Å². The van der Waals surface area contributed by atoms with Crippen molar-refractivity contribution < 1.29 is 0 Å². The summed E-state index contributed by atoms with van der Waals surface area (Å²) in [4.78, 5) is 13.5. The molecule has 0 amide bonds. The molecule has 1 aliphatic heterocycles. The average Bonchev–Trinajstić information content (AvgIpc) is 3.31. The molecule has 0 fully saturated rings. The van der Waals surface area contributed by atoms with E-state index < -0.39 is 0 Å². The summed E-state index contributed by atoms with van der Waals surface area (Å²) in [5.41, 5.74) is 1.85. The van der Waals surface area contributed by atoms with E-state index in [2.05, 4.69) is 25.1 Å². The highest BCUT2D eigenvalue weighted by molar-refractivity contribution is 5.90. The first-order chi connectivity index (χ1) is 12.9. The largest absolute Gasteiger partial charge is 0.362 e. The van der Waals surface area contributed by atoms with Crippen molar-refractivity contribution in [3.05, 3.63) is 60.4 Å². The second-order valence-electron chi connectivity index (χ2n) is 6.29. The van der Waals surface area contributed by atoms with Crippen LogP contribution in [-0.4, -0.2) is 29.7 Å². The molecule has 0 radical (unpaired) electrons. The molecule has 5 rings (SSSR count). The van der Waals surface area contributed by atoms with Crippen molar-refractivity contribution in [3.63, 3.8) is 0 Å². The molecule has 0 saturated carbocycles. The third-order valence-corrected chi connectivity index (χ3v) is 4.64. The van der Waals surface area contributed by atoms with E-state index in [-0.39, 0.29) is 0 Å². The van der Waals surface area contributed by atoms with Crippen molar-refractivity contribution in [2.45, 2.75) is 25.9 Å². The fraction of sp³-hybridized carbons (Fsp3) is 0.211. The first-order valence-corrected chi connectivity index (χ1v) is 8.70. The van der Waals surface area contributed by atoms with Crippen LogP contribution in [0.3, 0.4) is 0 Å². The Balaban J connectivity index is 1.53. The van der Waals surface area contributed by atoms with E-state index in [9.17, 15) is 0 Å². The highest BCUT2D eigenvalue weighted by Gasteiger charge is 2.17. The number of anilines is 1. The Labute approximate surface area is 150 Å². The molecule has 3 aromatic heterocycles. The smallest absolute Gasteiger partial charge is 0.162 e. The maximum atomic E-state index is 4.76. The number of fused-ring (bicyclic) bond motifs is 2. The van der Waals surface area contributed by atoms with Crippen molar-refractivity contribution in [1.29, 1.82) is 0 Å². The van der Waals surface area contributed by atoms with Crippen LogP contribution in [0, 0.1) is 0 Å². The van der Waals surface area contributed by atoms with Crippen LogP contribution in [0.25, 0.3) is 22.3 Å². The molecule has 0 atom stereocenters. The van der Waals surface area contributed by atoms with Crippen LogP contribution < -0.4 is 5.32 Å². The summed E-state index contributed by atoms with van der Waals surface area (Å²) in [7, 11) is 0. The highest BCUT2D eigenvalue weighted by atomic mass is 15.3. The number of nitrogens with one attached hydrogen (secondary N) is 1. The monoisotopic (exact) mass is 343 g/mol. The molecule has 1 aromatic carbocycles. The van der Waals surface area contributed by atoms with Crippen LogP contribution >= 0.6 is 0 Å². The lowest BCUT2D eigenvalue weighted by atomic mass is 10.2. The number of nitrogens with zero attached hydrogens (tertiary/aromatic N) is 6. The molecule has 0 unspecified atom stereocenters. The highest BCUT2D eigenvalue weighted by Crippen LogP contribution is 2.25. The molecule has 4 heterocycles. The van der Waals surface area contributed by atoms with Gasteiger partial charge in [0.15, 0.2) is 11.6 Å². The maximum absolute atomic E-state index is 4.76. The molecule has 1 N–H and O–H groups in total. The van der Waals surface area contributed by atoms with E-state index in [0.29, 0.717) is 12.4 Å². The normalized spacial score (nSPS) is 13.1. The third kappa shape index (κ3) is 2.57. The van der Waals surface area contributed by atoms with E-state index in [0.717, 1.165) is 53.3 Å². The molecule has 128 valence electrons. The molecule has 0 aliphatic carbocycles. The van der Waals surface area contributed by atoms with E-state index >= 15 is 0 Å². The average molecular weight is 343 g/mol. The van der Waals surface area contributed by atoms with Crippen molar-refractivity contribution >= 4 is 16.7 Å². The number of para-hydroxylation sites is 1. The van der Waals surface area contributed by atoms with Crippen LogP contribution in [-0.2, 0) is 19.5 Å². The van der Waals surface area contributed by atoms with Gasteiger partial charge in [-0.1, -0.05) is 12.1 Å². The topological polar surface area (TPSA) is 81.4 Å². The predicted octanol–water partition coefficient (Wildman–Crippen LogP) is 2.84. The minimum absolute atomic E-state index is 0.587. The van der Waals surface area contributed by atoms with Gasteiger partial charge in [-0.2, -0.15) is 0 Å². The van der Waals surface area contributed by atoms with Crippen molar-refractivity contribution in [3.8, 4) is 11.4 Å². The van der Waals surface area contributed by atoms with Crippen LogP contribution in [0.4, 0.5) is 5.82 Å². The Hall–Kier alpha value is -3.35. The summed E-state index contributed by atoms with van der Waals surface area (Å²) in [6.07, 6.45) is 5.65. The SMILES string of the molecule is c1ccc2c(NCc3nnc4n3CCC4)nc(-c3ccncc3)nc2c1. The van der Waals surface area contributed by atoms with Gasteiger partial charge in [0, 0.05) is 36.3 Å². The minimum Gasteiger partial charge on any atom is -0.362 e. The van der Waals surface area contributed by atoms with Gasteiger partial charge in [-0.3, -0.25) is 4.98 Å². The number of hydrogen-bond acceptors (Lipinski definition) is 6. The molecule has 0 bridgehead atoms. The predicted molar refractivity (Wildman–Crippen MR) is 98.4 cm³/mol. The Morgan fingerprint density at radius 2 is 1.88 bits per heavy atom. The zero-order chi connectivity index (χ0) is 17.3. The number of hydrogen-bond donors (Lipinski definition) is 1. The summed E-state index contributed by atoms with van der Waals surface area (Å²) < 4.78 is 2.19. The number of rotatable bonds is 4. The summed E-state index contributed by atoms with van der Waals surface area (Å²) >= 11 is 0. The Bertz CT molecular complexity index is 1070. The van der Waals surface area contributed by atoms with E-state index in [1.54, 1.807) is 12.4 Å². The lowest BCUT2D eigenvalue weighted by Gasteiger charge is -2.11. The molecule has 7 nitrogen and oxygen atoms in total. The maximum Gasteiger partial charge on any atom is 0.162 e. The summed E-state index contributed by atoms with van der Waals surface area (Å²) in [6, 6.07) is 11.8. The molecule has 1 aliphatic rings. The fourth-order valence-electron chi connectivity index (χ4n) is 3.35. The zero-order valence-corrected chi connectivity index (χ0v) is 14.1. The van der Waals surface area contributed by atoms with Gasteiger partial charge in [-0.25, -0.2) is 9.97 Å². The standard InChI is InChI=1S/C19H17N7/c1-2-5-15-14(4-1)19(23-18(22-15)13-7-9-20-10-8-13)21-12-17-25-24-16-6-3-11-26(16)17/h1-2,4-5,7-10H,3,6,11-12H2,(H,21,22,23). The first kappa shape index (κ1) is 14.9. The molecule has 4 aromatic rings. The van der Waals surface area contributed by atoms with Gasteiger partial charge < -0.3 is 9.88 Å². The van der Waals surface area contributed by atoms with Crippen LogP contribution in [0.5, 0.6) is 0 Å². The van der Waals surface area contributed by atoms with Crippen LogP contribution in [0.2, 0.25) is 0 Å². The van der Waals surface area contributed by atoms with E-state index in [1.165, 1.54) is 0 Å². The second-order valence-corrected chi connectivity index (χ2v) is 6.29. The quantitative estimate of drug-likeness (QED) is 0.614. The molecule has 0 spiro atoms.